The number of nitrogens with zero attached hydrogens (tertiary/aromatic N) is 5. The quantitative estimate of drug-likeness (QED) is 0.519. The maximum atomic E-state index is 13.2. The fourth-order valence-corrected chi connectivity index (χ4v) is 5.45. The fraction of sp³-hybridized carbons (Fsp3) is 0.458. The SMILES string of the molecule is O=C(CN1CC=C(c2ccc(Cl)c(C(F)(F)F)c2)CC1)N1CC2CC1CN2c1ccc(C(F)(F)F)nn1. The number of benzene rings is 1. The van der Waals surface area contributed by atoms with Crippen molar-refractivity contribution in [2.24, 2.45) is 0 Å². The molecule has 5 rings (SSSR count). The van der Waals surface area contributed by atoms with Gasteiger partial charge in [-0.25, -0.2) is 0 Å². The molecule has 2 aromatic rings. The van der Waals surface area contributed by atoms with Crippen LogP contribution in [0.2, 0.25) is 5.02 Å². The first-order valence-electron chi connectivity index (χ1n) is 11.7. The summed E-state index contributed by atoms with van der Waals surface area (Å²) in [5, 5.41) is 6.68. The van der Waals surface area contributed by atoms with E-state index in [9.17, 15) is 31.1 Å². The number of rotatable bonds is 4. The molecule has 2 saturated heterocycles. The van der Waals surface area contributed by atoms with Crippen LogP contribution in [0, 0.1) is 0 Å². The van der Waals surface area contributed by atoms with E-state index in [0.29, 0.717) is 50.4 Å². The molecule has 3 aliphatic rings. The molecule has 2 bridgehead atoms. The van der Waals surface area contributed by atoms with Gasteiger partial charge in [-0.2, -0.15) is 26.3 Å². The normalized spacial score (nSPS) is 22.5. The number of aromatic nitrogens is 2. The fourth-order valence-electron chi connectivity index (χ4n) is 5.22. The summed E-state index contributed by atoms with van der Waals surface area (Å²) in [6.45, 7) is 2.06. The van der Waals surface area contributed by atoms with Gasteiger partial charge in [0.2, 0.25) is 5.91 Å². The van der Waals surface area contributed by atoms with Crippen LogP contribution in [-0.4, -0.2) is 70.7 Å². The third kappa shape index (κ3) is 5.26. The molecular weight excluding hydrogens is 524 g/mol. The monoisotopic (exact) mass is 545 g/mol. The maximum Gasteiger partial charge on any atom is 0.435 e. The van der Waals surface area contributed by atoms with Gasteiger partial charge in [0.25, 0.3) is 0 Å². The minimum Gasteiger partial charge on any atom is -0.348 e. The Morgan fingerprint density at radius 3 is 2.35 bits per heavy atom. The van der Waals surface area contributed by atoms with Crippen molar-refractivity contribution in [1.29, 1.82) is 0 Å². The first-order valence-corrected chi connectivity index (χ1v) is 12.0. The second kappa shape index (κ2) is 9.46. The lowest BCUT2D eigenvalue weighted by Crippen LogP contribution is -2.51. The number of hydrogen-bond acceptors (Lipinski definition) is 5. The van der Waals surface area contributed by atoms with E-state index in [0.717, 1.165) is 17.7 Å². The van der Waals surface area contributed by atoms with Gasteiger partial charge >= 0.3 is 12.4 Å². The Balaban J connectivity index is 1.16. The average Bonchev–Trinajstić information content (AvgIpc) is 3.45. The number of piperazine rings is 1. The molecule has 13 heteroatoms. The van der Waals surface area contributed by atoms with Gasteiger partial charge in [0.1, 0.15) is 0 Å². The highest BCUT2D eigenvalue weighted by Gasteiger charge is 2.46. The molecule has 0 aliphatic carbocycles. The number of halogens is 7. The van der Waals surface area contributed by atoms with Crippen molar-refractivity contribution in [3.05, 3.63) is 58.3 Å². The highest BCUT2D eigenvalue weighted by atomic mass is 35.5. The zero-order chi connectivity index (χ0) is 26.5. The molecule has 0 radical (unpaired) electrons. The Hall–Kier alpha value is -2.86. The molecule has 2 fully saturated rings. The molecule has 2 atom stereocenters. The van der Waals surface area contributed by atoms with E-state index >= 15 is 0 Å². The van der Waals surface area contributed by atoms with E-state index in [1.54, 1.807) is 11.0 Å². The van der Waals surface area contributed by atoms with Gasteiger partial charge < -0.3 is 9.80 Å². The maximum absolute atomic E-state index is 13.2. The van der Waals surface area contributed by atoms with Gasteiger partial charge in [-0.15, -0.1) is 10.2 Å². The van der Waals surface area contributed by atoms with Crippen LogP contribution in [-0.2, 0) is 17.1 Å². The van der Waals surface area contributed by atoms with E-state index in [-0.39, 0.29) is 29.6 Å². The molecule has 1 amide bonds. The van der Waals surface area contributed by atoms with Gasteiger partial charge in [0.05, 0.1) is 29.2 Å². The zero-order valence-electron chi connectivity index (χ0n) is 19.4. The highest BCUT2D eigenvalue weighted by molar-refractivity contribution is 6.31. The van der Waals surface area contributed by atoms with Crippen molar-refractivity contribution in [2.45, 2.75) is 37.3 Å². The highest BCUT2D eigenvalue weighted by Crippen LogP contribution is 2.38. The Morgan fingerprint density at radius 1 is 1.00 bits per heavy atom. The van der Waals surface area contributed by atoms with Gasteiger partial charge in [0.15, 0.2) is 11.5 Å². The molecular formula is C24H22ClF6N5O. The lowest BCUT2D eigenvalue weighted by Gasteiger charge is -2.36. The Morgan fingerprint density at radius 2 is 1.78 bits per heavy atom. The minimum atomic E-state index is -4.55. The largest absolute Gasteiger partial charge is 0.435 e. The topological polar surface area (TPSA) is 52.6 Å². The second-order valence-electron chi connectivity index (χ2n) is 9.42. The van der Waals surface area contributed by atoms with Crippen molar-refractivity contribution in [3.63, 3.8) is 0 Å². The Kier molecular flexibility index (Phi) is 6.59. The number of anilines is 1. The van der Waals surface area contributed by atoms with Gasteiger partial charge in [-0.3, -0.25) is 9.69 Å². The molecule has 6 nitrogen and oxygen atoms in total. The molecule has 0 N–H and O–H groups in total. The van der Waals surface area contributed by atoms with Gasteiger partial charge in [-0.05, 0) is 48.2 Å². The predicted octanol–water partition coefficient (Wildman–Crippen LogP) is 4.75. The van der Waals surface area contributed by atoms with Crippen LogP contribution in [0.4, 0.5) is 32.2 Å². The molecule has 0 saturated carbocycles. The third-order valence-corrected chi connectivity index (χ3v) is 7.42. The minimum absolute atomic E-state index is 0.0411. The van der Waals surface area contributed by atoms with Crippen molar-refractivity contribution in [3.8, 4) is 0 Å². The van der Waals surface area contributed by atoms with Crippen molar-refractivity contribution < 1.29 is 31.1 Å². The standard InChI is InChI=1S/C24H22ClF6N5O/c25-19-2-1-15(9-18(19)23(26,27)28)14-5-7-34(8-6-14)13-22(37)36-12-16-10-17(36)11-35(16)21-4-3-20(32-33-21)24(29,30)31/h1-5,9,16-17H,6-8,10-13H2. The number of carbonyl (C=O) groups excluding carboxylic acids is 1. The molecule has 4 heterocycles. The molecule has 1 aromatic heterocycles. The Labute approximate surface area is 213 Å². The van der Waals surface area contributed by atoms with E-state index in [4.69, 9.17) is 11.6 Å². The summed E-state index contributed by atoms with van der Waals surface area (Å²) in [6.07, 6.45) is -6.05. The number of hydrogen-bond donors (Lipinski definition) is 0. The molecule has 37 heavy (non-hydrogen) atoms. The average molecular weight is 546 g/mol. The zero-order valence-corrected chi connectivity index (χ0v) is 20.1. The molecule has 198 valence electrons. The van der Waals surface area contributed by atoms with Crippen LogP contribution in [0.5, 0.6) is 0 Å². The van der Waals surface area contributed by atoms with Crippen LogP contribution in [0.1, 0.15) is 29.7 Å². The number of fused-ring (bicyclic) bond motifs is 2. The number of amides is 1. The smallest absolute Gasteiger partial charge is 0.348 e. The van der Waals surface area contributed by atoms with Gasteiger partial charge in [0, 0.05) is 26.2 Å². The van der Waals surface area contributed by atoms with Gasteiger partial charge in [-0.1, -0.05) is 23.7 Å². The summed E-state index contributed by atoms with van der Waals surface area (Å²) in [6, 6.07) is 5.98. The van der Waals surface area contributed by atoms with Crippen LogP contribution in [0.25, 0.3) is 5.57 Å². The van der Waals surface area contributed by atoms with E-state index in [2.05, 4.69) is 10.2 Å². The van der Waals surface area contributed by atoms with E-state index in [1.807, 2.05) is 15.9 Å². The lowest BCUT2D eigenvalue weighted by atomic mass is 9.97. The number of alkyl halides is 6. The van der Waals surface area contributed by atoms with E-state index < -0.39 is 23.6 Å². The lowest BCUT2D eigenvalue weighted by molar-refractivity contribution is -0.142. The van der Waals surface area contributed by atoms with Crippen LogP contribution in [0.3, 0.4) is 0 Å². The Bertz CT molecular complexity index is 1220. The van der Waals surface area contributed by atoms with Crippen LogP contribution < -0.4 is 4.90 Å². The van der Waals surface area contributed by atoms with Crippen LogP contribution in [0.15, 0.2) is 36.4 Å². The first-order chi connectivity index (χ1) is 17.4. The van der Waals surface area contributed by atoms with Crippen molar-refractivity contribution in [1.82, 2.24) is 20.0 Å². The second-order valence-corrected chi connectivity index (χ2v) is 9.83. The summed E-state index contributed by atoms with van der Waals surface area (Å²) in [4.78, 5) is 18.6. The predicted molar refractivity (Wildman–Crippen MR) is 124 cm³/mol. The number of likely N-dealkylation sites (tertiary alicyclic amines) is 1. The van der Waals surface area contributed by atoms with Crippen molar-refractivity contribution >= 4 is 28.9 Å². The number of carbonyl (C=O) groups is 1. The third-order valence-electron chi connectivity index (χ3n) is 7.09. The van der Waals surface area contributed by atoms with Crippen molar-refractivity contribution in [2.75, 3.05) is 37.6 Å². The summed E-state index contributed by atoms with van der Waals surface area (Å²) in [7, 11) is 0. The first kappa shape index (κ1) is 25.8. The summed E-state index contributed by atoms with van der Waals surface area (Å²) in [5.41, 5.74) is -0.677. The summed E-state index contributed by atoms with van der Waals surface area (Å²) >= 11 is 5.72. The van der Waals surface area contributed by atoms with E-state index in [1.165, 1.54) is 12.1 Å². The molecule has 3 aliphatic heterocycles. The summed E-state index contributed by atoms with van der Waals surface area (Å²) < 4.78 is 77.8. The van der Waals surface area contributed by atoms with Crippen LogP contribution >= 0.6 is 11.6 Å². The molecule has 1 aromatic carbocycles. The molecule has 0 spiro atoms. The summed E-state index contributed by atoms with van der Waals surface area (Å²) in [5.74, 6) is 0.311. The molecule has 2 unspecified atom stereocenters.